The summed E-state index contributed by atoms with van der Waals surface area (Å²) in [6, 6.07) is 20.6. The van der Waals surface area contributed by atoms with Crippen LogP contribution in [-0.2, 0) is 16.5 Å². The average molecular weight is 588 g/mol. The number of aliphatic imine (C=N–C) groups is 2. The van der Waals surface area contributed by atoms with Gasteiger partial charge >= 0.3 is 0 Å². The summed E-state index contributed by atoms with van der Waals surface area (Å²) in [6.07, 6.45) is 29.9. The molecule has 0 aromatic heterocycles. The molecular formula is C37H56N2Ni. The third-order valence-corrected chi connectivity index (χ3v) is 7.34. The van der Waals surface area contributed by atoms with Gasteiger partial charge in [-0.15, -0.1) is 0 Å². The van der Waals surface area contributed by atoms with E-state index in [0.717, 1.165) is 48.5 Å². The molecule has 0 aliphatic rings. The van der Waals surface area contributed by atoms with Gasteiger partial charge in [-0.25, -0.2) is 4.99 Å². The van der Waals surface area contributed by atoms with Gasteiger partial charge in [0, 0.05) is 16.5 Å². The van der Waals surface area contributed by atoms with Crippen molar-refractivity contribution in [1.29, 1.82) is 0 Å². The summed E-state index contributed by atoms with van der Waals surface area (Å²) in [7, 11) is 0. The van der Waals surface area contributed by atoms with Crippen molar-refractivity contribution in [3.05, 3.63) is 72.8 Å². The molecular weight excluding hydrogens is 531 g/mol. The number of unbranched alkanes of at least 4 members (excludes halogenated alkanes) is 16. The Balaban J connectivity index is 0.00000800. The molecule has 0 aliphatic heterocycles. The molecule has 2 rings (SSSR count). The van der Waals surface area contributed by atoms with Gasteiger partial charge in [-0.05, 0) is 56.0 Å². The van der Waals surface area contributed by atoms with E-state index in [1.54, 1.807) is 0 Å². The van der Waals surface area contributed by atoms with Gasteiger partial charge in [-0.3, -0.25) is 4.99 Å². The first-order valence-corrected chi connectivity index (χ1v) is 16.3. The van der Waals surface area contributed by atoms with E-state index in [1.807, 2.05) is 12.1 Å². The molecule has 0 unspecified atom stereocenters. The maximum Gasteiger partial charge on any atom is 0.0848 e. The smallest absolute Gasteiger partial charge is 0.0848 e. The Morgan fingerprint density at radius 2 is 0.950 bits per heavy atom. The number of para-hydroxylation sites is 2. The molecule has 0 bridgehead atoms. The van der Waals surface area contributed by atoms with E-state index in [-0.39, 0.29) is 16.5 Å². The Morgan fingerprint density at radius 3 is 1.43 bits per heavy atom. The van der Waals surface area contributed by atoms with Crippen molar-refractivity contribution in [3.63, 3.8) is 0 Å². The Kier molecular flexibility index (Phi) is 23.4. The second kappa shape index (κ2) is 25.9. The minimum Gasteiger partial charge on any atom is -0.251 e. The van der Waals surface area contributed by atoms with Crippen LogP contribution in [0.5, 0.6) is 0 Å². The second-order valence-electron chi connectivity index (χ2n) is 11.0. The summed E-state index contributed by atoms with van der Waals surface area (Å²) < 4.78 is 0. The van der Waals surface area contributed by atoms with E-state index in [2.05, 4.69) is 74.5 Å². The molecule has 0 atom stereocenters. The molecule has 224 valence electrons. The Morgan fingerprint density at radius 1 is 0.525 bits per heavy atom. The molecule has 0 saturated carbocycles. The molecule has 2 aromatic carbocycles. The summed E-state index contributed by atoms with van der Waals surface area (Å²) in [5, 5.41) is 0. The van der Waals surface area contributed by atoms with Crippen molar-refractivity contribution < 1.29 is 16.5 Å². The molecule has 0 spiro atoms. The van der Waals surface area contributed by atoms with Crippen molar-refractivity contribution in [2.24, 2.45) is 9.98 Å². The average Bonchev–Trinajstić information content (AvgIpc) is 2.97. The summed E-state index contributed by atoms with van der Waals surface area (Å²) in [6.45, 7) is 4.53. The van der Waals surface area contributed by atoms with Crippen LogP contribution in [0.25, 0.3) is 0 Å². The summed E-state index contributed by atoms with van der Waals surface area (Å²) in [5.74, 6) is 0. The van der Waals surface area contributed by atoms with E-state index in [9.17, 15) is 0 Å². The minimum atomic E-state index is 0. The van der Waals surface area contributed by atoms with Gasteiger partial charge < -0.3 is 0 Å². The van der Waals surface area contributed by atoms with Gasteiger partial charge in [0.1, 0.15) is 0 Å². The molecule has 0 N–H and O–H groups in total. The Labute approximate surface area is 257 Å². The second-order valence-corrected chi connectivity index (χ2v) is 11.0. The minimum absolute atomic E-state index is 0. The number of benzene rings is 2. The first-order valence-electron chi connectivity index (χ1n) is 16.3. The van der Waals surface area contributed by atoms with Gasteiger partial charge in [0.15, 0.2) is 0 Å². The van der Waals surface area contributed by atoms with Crippen LogP contribution in [-0.4, -0.2) is 11.4 Å². The van der Waals surface area contributed by atoms with Gasteiger partial charge in [0.05, 0.1) is 22.8 Å². The van der Waals surface area contributed by atoms with Crippen molar-refractivity contribution in [2.45, 2.75) is 136 Å². The number of hydrogen-bond acceptors (Lipinski definition) is 2. The van der Waals surface area contributed by atoms with Crippen molar-refractivity contribution in [3.8, 4) is 0 Å². The normalized spacial score (nSPS) is 12.2. The van der Waals surface area contributed by atoms with E-state index in [1.165, 1.54) is 96.3 Å². The predicted molar refractivity (Wildman–Crippen MR) is 175 cm³/mol. The molecule has 0 radical (unpaired) electrons. The van der Waals surface area contributed by atoms with Gasteiger partial charge in [0.25, 0.3) is 0 Å². The maximum absolute atomic E-state index is 5.02. The van der Waals surface area contributed by atoms with Crippen LogP contribution in [0.1, 0.15) is 136 Å². The molecule has 0 saturated heterocycles. The van der Waals surface area contributed by atoms with E-state index in [0.29, 0.717) is 0 Å². The molecule has 40 heavy (non-hydrogen) atoms. The monoisotopic (exact) mass is 586 g/mol. The summed E-state index contributed by atoms with van der Waals surface area (Å²) in [4.78, 5) is 10.0. The Bertz CT molecular complexity index is 918. The van der Waals surface area contributed by atoms with E-state index >= 15 is 0 Å². The van der Waals surface area contributed by atoms with E-state index in [4.69, 9.17) is 9.98 Å². The van der Waals surface area contributed by atoms with Crippen LogP contribution < -0.4 is 0 Å². The van der Waals surface area contributed by atoms with Gasteiger partial charge in [-0.1, -0.05) is 153 Å². The number of rotatable bonds is 23. The third-order valence-electron chi connectivity index (χ3n) is 7.34. The van der Waals surface area contributed by atoms with Crippen molar-refractivity contribution in [2.75, 3.05) is 0 Å². The summed E-state index contributed by atoms with van der Waals surface area (Å²) in [5.41, 5.74) is 4.07. The SMILES string of the molecule is CCCCCCCCCCCCCCCCC/C=C/C(=N\c1ccccc1)C(/CCCC)=N/c1ccccc1.[Ni]. The molecule has 0 aliphatic carbocycles. The van der Waals surface area contributed by atoms with Crippen LogP contribution in [0.15, 0.2) is 82.8 Å². The fourth-order valence-electron chi connectivity index (χ4n) is 4.91. The largest absolute Gasteiger partial charge is 0.251 e. The maximum atomic E-state index is 5.02. The van der Waals surface area contributed by atoms with E-state index < -0.39 is 0 Å². The quantitative estimate of drug-likeness (QED) is 0.0702. The third kappa shape index (κ3) is 18.4. The van der Waals surface area contributed by atoms with Crippen molar-refractivity contribution >= 4 is 22.8 Å². The topological polar surface area (TPSA) is 24.7 Å². The first-order chi connectivity index (χ1) is 19.3. The molecule has 0 fully saturated rings. The van der Waals surface area contributed by atoms with Crippen LogP contribution in [0.2, 0.25) is 0 Å². The Hall–Kier alpha value is -1.99. The van der Waals surface area contributed by atoms with Crippen molar-refractivity contribution in [1.82, 2.24) is 0 Å². The molecule has 0 heterocycles. The number of allylic oxidation sites excluding steroid dienone is 2. The molecule has 2 aromatic rings. The molecule has 2 nitrogen and oxygen atoms in total. The standard InChI is InChI=1S/C37H56N2.Ni/c1-3-5-7-8-9-10-11-12-13-14-15-16-17-18-19-20-27-33-37(39-35-30-25-22-26-31-35)36(32-6-4-2)38-34-28-23-21-24-29-34;/h21-31,33H,3-20,32H2,1-2H3;/b33-27+,38-36+,39-37+;. The summed E-state index contributed by atoms with van der Waals surface area (Å²) >= 11 is 0. The van der Waals surface area contributed by atoms with Crippen LogP contribution >= 0.6 is 0 Å². The van der Waals surface area contributed by atoms with Gasteiger partial charge in [0.2, 0.25) is 0 Å². The first kappa shape index (κ1) is 36.0. The fraction of sp³-hybridized carbons (Fsp3) is 0.568. The van der Waals surface area contributed by atoms with Crippen LogP contribution in [0.3, 0.4) is 0 Å². The molecule has 3 heteroatoms. The van der Waals surface area contributed by atoms with Crippen LogP contribution in [0.4, 0.5) is 11.4 Å². The predicted octanol–water partition coefficient (Wildman–Crippen LogP) is 12.5. The van der Waals surface area contributed by atoms with Gasteiger partial charge in [-0.2, -0.15) is 0 Å². The fourth-order valence-corrected chi connectivity index (χ4v) is 4.91. The zero-order valence-electron chi connectivity index (χ0n) is 25.6. The zero-order valence-corrected chi connectivity index (χ0v) is 26.6. The molecule has 0 amide bonds. The van der Waals surface area contributed by atoms with Crippen LogP contribution in [0, 0.1) is 0 Å². The zero-order chi connectivity index (χ0) is 27.6. The number of hydrogen-bond donors (Lipinski definition) is 0. The number of nitrogens with zero attached hydrogens (tertiary/aromatic N) is 2.